The predicted octanol–water partition coefficient (Wildman–Crippen LogP) is 1.27. The van der Waals surface area contributed by atoms with E-state index < -0.39 is 0 Å². The van der Waals surface area contributed by atoms with Crippen molar-refractivity contribution in [3.63, 3.8) is 0 Å². The molecular weight excluding hydrogens is 258 g/mol. The quantitative estimate of drug-likeness (QED) is 0.699. The molecule has 0 spiro atoms. The summed E-state index contributed by atoms with van der Waals surface area (Å²) in [5, 5.41) is 8.10. The van der Waals surface area contributed by atoms with Gasteiger partial charge in [-0.25, -0.2) is 9.48 Å². The lowest BCUT2D eigenvalue weighted by Gasteiger charge is -1.91. The van der Waals surface area contributed by atoms with Gasteiger partial charge in [-0.05, 0) is 18.6 Å². The largest absolute Gasteiger partial charge is 0.350 e. The van der Waals surface area contributed by atoms with Gasteiger partial charge in [0.25, 0.3) is 0 Å². The number of unbranched alkanes of at least 4 members (excludes halogenated alkanes) is 1. The predicted molar refractivity (Wildman–Crippen MR) is 71.5 cm³/mol. The Bertz CT molecular complexity index is 770. The lowest BCUT2D eigenvalue weighted by molar-refractivity contribution is 0.368. The van der Waals surface area contributed by atoms with E-state index in [1.807, 2.05) is 6.07 Å². The van der Waals surface area contributed by atoms with Crippen molar-refractivity contribution in [3.8, 4) is 0 Å². The van der Waals surface area contributed by atoms with Gasteiger partial charge in [-0.1, -0.05) is 24.6 Å². The van der Waals surface area contributed by atoms with Gasteiger partial charge in [-0.2, -0.15) is 4.98 Å². The highest BCUT2D eigenvalue weighted by Crippen LogP contribution is 2.04. The third kappa shape index (κ3) is 2.34. The van der Waals surface area contributed by atoms with E-state index in [4.69, 9.17) is 4.52 Å². The second-order valence-electron chi connectivity index (χ2n) is 4.58. The van der Waals surface area contributed by atoms with Crippen molar-refractivity contribution < 1.29 is 4.52 Å². The average molecular weight is 273 g/mol. The minimum atomic E-state index is -0.208. The maximum Gasteiger partial charge on any atom is 0.350 e. The fourth-order valence-corrected chi connectivity index (χ4v) is 1.99. The van der Waals surface area contributed by atoms with E-state index in [-0.39, 0.29) is 12.2 Å². The Morgan fingerprint density at radius 3 is 3.05 bits per heavy atom. The molecule has 0 N–H and O–H groups in total. The van der Waals surface area contributed by atoms with Gasteiger partial charge in [0.1, 0.15) is 6.54 Å². The SMILES string of the molecule is CCCCc1nc(Cn2nc3ccccn3c2=O)no1. The van der Waals surface area contributed by atoms with Crippen LogP contribution in [-0.4, -0.2) is 24.3 Å². The number of aromatic nitrogens is 5. The molecule has 3 aromatic heterocycles. The van der Waals surface area contributed by atoms with E-state index in [1.165, 1.54) is 9.08 Å². The molecule has 0 aliphatic heterocycles. The zero-order chi connectivity index (χ0) is 13.9. The summed E-state index contributed by atoms with van der Waals surface area (Å²) in [6.45, 7) is 2.32. The van der Waals surface area contributed by atoms with Gasteiger partial charge in [-0.15, -0.1) is 5.10 Å². The Morgan fingerprint density at radius 2 is 2.25 bits per heavy atom. The van der Waals surface area contributed by atoms with E-state index in [0.717, 1.165) is 19.3 Å². The molecule has 7 nitrogen and oxygen atoms in total. The number of hydrogen-bond donors (Lipinski definition) is 0. The van der Waals surface area contributed by atoms with Crippen LogP contribution in [0.5, 0.6) is 0 Å². The Hall–Kier alpha value is -2.44. The Labute approximate surface area is 114 Å². The third-order valence-electron chi connectivity index (χ3n) is 3.03. The lowest BCUT2D eigenvalue weighted by Crippen LogP contribution is -2.22. The van der Waals surface area contributed by atoms with Gasteiger partial charge in [-0.3, -0.25) is 4.40 Å². The molecule has 0 aromatic carbocycles. The number of rotatable bonds is 5. The van der Waals surface area contributed by atoms with Crippen molar-refractivity contribution in [1.29, 1.82) is 0 Å². The monoisotopic (exact) mass is 273 g/mol. The molecule has 0 fully saturated rings. The van der Waals surface area contributed by atoms with Crippen LogP contribution in [0.25, 0.3) is 5.65 Å². The first-order valence-electron chi connectivity index (χ1n) is 6.63. The van der Waals surface area contributed by atoms with E-state index in [1.54, 1.807) is 18.3 Å². The van der Waals surface area contributed by atoms with Crippen molar-refractivity contribution >= 4 is 5.65 Å². The second-order valence-corrected chi connectivity index (χ2v) is 4.58. The minimum Gasteiger partial charge on any atom is -0.339 e. The molecule has 3 heterocycles. The molecule has 0 aliphatic rings. The van der Waals surface area contributed by atoms with Crippen LogP contribution in [0.2, 0.25) is 0 Å². The number of hydrogen-bond acceptors (Lipinski definition) is 5. The topological polar surface area (TPSA) is 78.2 Å². The van der Waals surface area contributed by atoms with Crippen LogP contribution in [0, 0.1) is 0 Å². The molecule has 3 rings (SSSR count). The van der Waals surface area contributed by atoms with E-state index in [2.05, 4.69) is 22.2 Å². The molecule has 0 saturated carbocycles. The van der Waals surface area contributed by atoms with Crippen LogP contribution in [0.3, 0.4) is 0 Å². The molecule has 3 aromatic rings. The second kappa shape index (κ2) is 5.28. The van der Waals surface area contributed by atoms with Gasteiger partial charge < -0.3 is 4.52 Å². The van der Waals surface area contributed by atoms with E-state index in [0.29, 0.717) is 17.4 Å². The van der Waals surface area contributed by atoms with Gasteiger partial charge in [0.15, 0.2) is 11.5 Å². The molecule has 0 bridgehead atoms. The maximum absolute atomic E-state index is 12.1. The highest BCUT2D eigenvalue weighted by atomic mass is 16.5. The molecule has 0 unspecified atom stereocenters. The Morgan fingerprint density at radius 1 is 1.35 bits per heavy atom. The maximum atomic E-state index is 12.1. The van der Waals surface area contributed by atoms with Crippen molar-refractivity contribution in [3.05, 3.63) is 46.6 Å². The molecule has 0 amide bonds. The van der Waals surface area contributed by atoms with Gasteiger partial charge in [0.2, 0.25) is 5.89 Å². The number of fused-ring (bicyclic) bond motifs is 1. The van der Waals surface area contributed by atoms with Crippen LogP contribution in [0.1, 0.15) is 31.5 Å². The van der Waals surface area contributed by atoms with Crippen molar-refractivity contribution in [1.82, 2.24) is 24.3 Å². The summed E-state index contributed by atoms with van der Waals surface area (Å²) >= 11 is 0. The first-order chi connectivity index (χ1) is 9.78. The Balaban J connectivity index is 1.84. The van der Waals surface area contributed by atoms with Crippen molar-refractivity contribution in [2.75, 3.05) is 0 Å². The van der Waals surface area contributed by atoms with Crippen molar-refractivity contribution in [2.45, 2.75) is 32.7 Å². The number of aryl methyl sites for hydroxylation is 1. The standard InChI is InChI=1S/C13H15N5O2/c1-2-3-7-12-14-10(16-20-12)9-18-13(19)17-8-5-4-6-11(17)15-18/h4-6,8H,2-3,7,9H2,1H3. The van der Waals surface area contributed by atoms with Crippen LogP contribution >= 0.6 is 0 Å². The summed E-state index contributed by atoms with van der Waals surface area (Å²) in [4.78, 5) is 16.4. The van der Waals surface area contributed by atoms with Gasteiger partial charge in [0, 0.05) is 12.6 Å². The summed E-state index contributed by atoms with van der Waals surface area (Å²) in [7, 11) is 0. The highest BCUT2D eigenvalue weighted by Gasteiger charge is 2.11. The third-order valence-corrected chi connectivity index (χ3v) is 3.03. The smallest absolute Gasteiger partial charge is 0.339 e. The molecule has 0 radical (unpaired) electrons. The summed E-state index contributed by atoms with van der Waals surface area (Å²) in [5.74, 6) is 1.08. The summed E-state index contributed by atoms with van der Waals surface area (Å²) in [6.07, 6.45) is 4.53. The first kappa shape index (κ1) is 12.6. The molecule has 20 heavy (non-hydrogen) atoms. The molecule has 104 valence electrons. The summed E-state index contributed by atoms with van der Waals surface area (Å²) in [6, 6.07) is 5.40. The molecule has 0 saturated heterocycles. The average Bonchev–Trinajstić information content (AvgIpc) is 3.03. The lowest BCUT2D eigenvalue weighted by atomic mass is 10.2. The van der Waals surface area contributed by atoms with Gasteiger partial charge >= 0.3 is 5.69 Å². The normalized spacial score (nSPS) is 11.2. The first-order valence-corrected chi connectivity index (χ1v) is 6.63. The van der Waals surface area contributed by atoms with Crippen LogP contribution < -0.4 is 5.69 Å². The van der Waals surface area contributed by atoms with E-state index in [9.17, 15) is 4.79 Å². The fraction of sp³-hybridized carbons (Fsp3) is 0.385. The minimum absolute atomic E-state index is 0.208. The summed E-state index contributed by atoms with van der Waals surface area (Å²) in [5.41, 5.74) is 0.396. The fourth-order valence-electron chi connectivity index (χ4n) is 1.99. The van der Waals surface area contributed by atoms with Crippen molar-refractivity contribution in [2.24, 2.45) is 0 Å². The van der Waals surface area contributed by atoms with Crippen LogP contribution in [0.15, 0.2) is 33.7 Å². The highest BCUT2D eigenvalue weighted by molar-refractivity contribution is 5.35. The number of pyridine rings is 1. The molecular formula is C13H15N5O2. The zero-order valence-electron chi connectivity index (χ0n) is 11.2. The van der Waals surface area contributed by atoms with Crippen LogP contribution in [-0.2, 0) is 13.0 Å². The molecule has 0 aliphatic carbocycles. The summed E-state index contributed by atoms with van der Waals surface area (Å²) < 4.78 is 7.96. The van der Waals surface area contributed by atoms with E-state index >= 15 is 0 Å². The van der Waals surface area contributed by atoms with Crippen LogP contribution in [0.4, 0.5) is 0 Å². The molecule has 0 atom stereocenters. The number of nitrogens with zero attached hydrogens (tertiary/aromatic N) is 5. The Kier molecular flexibility index (Phi) is 3.32. The molecule has 7 heteroatoms. The van der Waals surface area contributed by atoms with Gasteiger partial charge in [0.05, 0.1) is 0 Å². The zero-order valence-corrected chi connectivity index (χ0v) is 11.2.